The van der Waals surface area contributed by atoms with Gasteiger partial charge in [-0.2, -0.15) is 0 Å². The average molecular weight is 223 g/mol. The summed E-state index contributed by atoms with van der Waals surface area (Å²) >= 11 is 0. The maximum absolute atomic E-state index is 12.0. The molecule has 0 amide bonds. The van der Waals surface area contributed by atoms with Crippen molar-refractivity contribution >= 4 is 5.97 Å². The van der Waals surface area contributed by atoms with Gasteiger partial charge in [-0.15, -0.1) is 0 Å². The van der Waals surface area contributed by atoms with Crippen LogP contribution in [-0.2, 0) is 16.1 Å². The number of nitrogens with zero attached hydrogens (tertiary/aromatic N) is 1. The molecular formula is C11H17N3O2. The molecule has 0 fully saturated rings. The zero-order valence-electron chi connectivity index (χ0n) is 9.83. The van der Waals surface area contributed by atoms with Crippen molar-refractivity contribution in [3.63, 3.8) is 0 Å². The van der Waals surface area contributed by atoms with Crippen LogP contribution in [0.2, 0.25) is 0 Å². The van der Waals surface area contributed by atoms with Crippen LogP contribution in [0.25, 0.3) is 0 Å². The topological polar surface area (TPSA) is 67.0 Å². The van der Waals surface area contributed by atoms with Crippen molar-refractivity contribution in [2.45, 2.75) is 38.8 Å². The maximum Gasteiger partial charge on any atom is 0.316 e. The Bertz CT molecular complexity index is 392. The van der Waals surface area contributed by atoms with Crippen molar-refractivity contribution in [1.82, 2.24) is 15.3 Å². The van der Waals surface area contributed by atoms with Gasteiger partial charge in [0.25, 0.3) is 0 Å². The molecule has 16 heavy (non-hydrogen) atoms. The Kier molecular flexibility index (Phi) is 2.71. The Morgan fingerprint density at radius 3 is 3.00 bits per heavy atom. The third-order valence-corrected chi connectivity index (χ3v) is 2.42. The minimum Gasteiger partial charge on any atom is -0.459 e. The van der Waals surface area contributed by atoms with Crippen LogP contribution in [0.5, 0.6) is 0 Å². The molecule has 1 aromatic heterocycles. The second-order valence-corrected chi connectivity index (χ2v) is 4.98. The number of carbonyl (C=O) groups excluding carboxylic acids is 1. The second kappa shape index (κ2) is 3.90. The van der Waals surface area contributed by atoms with E-state index < -0.39 is 5.60 Å². The predicted molar refractivity (Wildman–Crippen MR) is 58.9 cm³/mol. The molecule has 0 aromatic carbocycles. The Hall–Kier alpha value is -1.36. The van der Waals surface area contributed by atoms with E-state index in [0.717, 1.165) is 17.9 Å². The van der Waals surface area contributed by atoms with Gasteiger partial charge in [0, 0.05) is 13.1 Å². The molecule has 0 spiro atoms. The van der Waals surface area contributed by atoms with Crippen LogP contribution in [0.4, 0.5) is 0 Å². The maximum atomic E-state index is 12.0. The van der Waals surface area contributed by atoms with E-state index in [4.69, 9.17) is 4.74 Å². The first-order chi connectivity index (χ1) is 7.47. The third kappa shape index (κ3) is 2.24. The highest BCUT2D eigenvalue weighted by molar-refractivity contribution is 5.78. The van der Waals surface area contributed by atoms with Crippen LogP contribution in [0.1, 0.15) is 38.1 Å². The summed E-state index contributed by atoms with van der Waals surface area (Å²) in [5.74, 6) is -0.512. The van der Waals surface area contributed by atoms with Crippen LogP contribution in [0.3, 0.4) is 0 Å². The number of carbonyl (C=O) groups is 1. The molecule has 2 rings (SSSR count). The van der Waals surface area contributed by atoms with E-state index in [9.17, 15) is 4.79 Å². The van der Waals surface area contributed by atoms with Crippen LogP contribution in [0, 0.1) is 0 Å². The Balaban J connectivity index is 2.15. The van der Waals surface area contributed by atoms with Crippen molar-refractivity contribution in [3.8, 4) is 0 Å². The Labute approximate surface area is 94.6 Å². The second-order valence-electron chi connectivity index (χ2n) is 4.98. The standard InChI is InChI=1S/C11H17N3O2/c1-11(2,3)16-10(15)7-4-12-5-8-9(7)14-6-13-8/h6-7,12H,4-5H2,1-3H3,(H,13,14). The zero-order chi connectivity index (χ0) is 11.8. The molecule has 5 nitrogen and oxygen atoms in total. The summed E-state index contributed by atoms with van der Waals surface area (Å²) in [6.45, 7) is 6.92. The molecule has 1 aliphatic heterocycles. The first-order valence-electron chi connectivity index (χ1n) is 5.43. The van der Waals surface area contributed by atoms with Crippen molar-refractivity contribution in [3.05, 3.63) is 17.7 Å². The van der Waals surface area contributed by atoms with E-state index in [1.807, 2.05) is 20.8 Å². The SMILES string of the molecule is CC(C)(C)OC(=O)C1CNCc2[nH]cnc21. The molecule has 0 saturated heterocycles. The molecule has 5 heteroatoms. The van der Waals surface area contributed by atoms with E-state index >= 15 is 0 Å². The van der Waals surface area contributed by atoms with Crippen LogP contribution >= 0.6 is 0 Å². The molecule has 0 saturated carbocycles. The van der Waals surface area contributed by atoms with E-state index in [1.165, 1.54) is 0 Å². The van der Waals surface area contributed by atoms with Gasteiger partial charge in [-0.3, -0.25) is 4.79 Å². The highest BCUT2D eigenvalue weighted by atomic mass is 16.6. The smallest absolute Gasteiger partial charge is 0.316 e. The van der Waals surface area contributed by atoms with Gasteiger partial charge in [-0.05, 0) is 20.8 Å². The fourth-order valence-corrected chi connectivity index (χ4v) is 1.78. The minimum absolute atomic E-state index is 0.215. The minimum atomic E-state index is -0.453. The highest BCUT2D eigenvalue weighted by Crippen LogP contribution is 2.23. The molecule has 1 unspecified atom stereocenters. The largest absolute Gasteiger partial charge is 0.459 e. The number of imidazole rings is 1. The van der Waals surface area contributed by atoms with Crippen molar-refractivity contribution in [2.75, 3.05) is 6.54 Å². The fourth-order valence-electron chi connectivity index (χ4n) is 1.78. The lowest BCUT2D eigenvalue weighted by Crippen LogP contribution is -2.36. The molecular weight excluding hydrogens is 206 g/mol. The number of H-pyrrole nitrogens is 1. The van der Waals surface area contributed by atoms with E-state index in [1.54, 1.807) is 6.33 Å². The average Bonchev–Trinajstić information content (AvgIpc) is 2.61. The van der Waals surface area contributed by atoms with Gasteiger partial charge in [0.2, 0.25) is 0 Å². The molecule has 0 bridgehead atoms. The van der Waals surface area contributed by atoms with E-state index in [2.05, 4.69) is 15.3 Å². The number of aromatic nitrogens is 2. The fraction of sp³-hybridized carbons (Fsp3) is 0.636. The lowest BCUT2D eigenvalue weighted by atomic mass is 10.00. The van der Waals surface area contributed by atoms with Gasteiger partial charge < -0.3 is 15.0 Å². The molecule has 2 N–H and O–H groups in total. The molecule has 88 valence electrons. The number of hydrogen-bond donors (Lipinski definition) is 2. The molecule has 1 aromatic rings. The zero-order valence-corrected chi connectivity index (χ0v) is 9.83. The van der Waals surface area contributed by atoms with Gasteiger partial charge in [-0.25, -0.2) is 4.98 Å². The monoisotopic (exact) mass is 223 g/mol. The van der Waals surface area contributed by atoms with Gasteiger partial charge >= 0.3 is 5.97 Å². The summed E-state index contributed by atoms with van der Waals surface area (Å²) in [5.41, 5.74) is 1.33. The summed E-state index contributed by atoms with van der Waals surface area (Å²) in [7, 11) is 0. The number of esters is 1. The van der Waals surface area contributed by atoms with E-state index in [0.29, 0.717) is 6.54 Å². The van der Waals surface area contributed by atoms with Gasteiger partial charge in [0.1, 0.15) is 11.5 Å². The van der Waals surface area contributed by atoms with Crippen molar-refractivity contribution < 1.29 is 9.53 Å². The normalized spacial score (nSPS) is 20.3. The van der Waals surface area contributed by atoms with Gasteiger partial charge in [0.05, 0.1) is 17.7 Å². The van der Waals surface area contributed by atoms with Gasteiger partial charge in [-0.1, -0.05) is 0 Å². The lowest BCUT2D eigenvalue weighted by molar-refractivity contribution is -0.156. The number of fused-ring (bicyclic) bond motifs is 1. The van der Waals surface area contributed by atoms with Crippen molar-refractivity contribution in [1.29, 1.82) is 0 Å². The first-order valence-corrected chi connectivity index (χ1v) is 5.43. The summed E-state index contributed by atoms with van der Waals surface area (Å²) < 4.78 is 5.37. The quantitative estimate of drug-likeness (QED) is 0.695. The Morgan fingerprint density at radius 2 is 2.31 bits per heavy atom. The van der Waals surface area contributed by atoms with Crippen LogP contribution in [-0.4, -0.2) is 28.1 Å². The third-order valence-electron chi connectivity index (χ3n) is 2.42. The van der Waals surface area contributed by atoms with E-state index in [-0.39, 0.29) is 11.9 Å². The van der Waals surface area contributed by atoms with Gasteiger partial charge in [0.15, 0.2) is 0 Å². The predicted octanol–water partition coefficient (Wildman–Crippen LogP) is 0.938. The lowest BCUT2D eigenvalue weighted by Gasteiger charge is -2.26. The number of aromatic amines is 1. The molecule has 1 atom stereocenters. The van der Waals surface area contributed by atoms with Crippen LogP contribution < -0.4 is 5.32 Å². The summed E-state index contributed by atoms with van der Waals surface area (Å²) in [6.07, 6.45) is 1.62. The first kappa shape index (κ1) is 11.1. The van der Waals surface area contributed by atoms with Crippen LogP contribution in [0.15, 0.2) is 6.33 Å². The number of nitrogens with one attached hydrogen (secondary N) is 2. The highest BCUT2D eigenvalue weighted by Gasteiger charge is 2.32. The number of hydrogen-bond acceptors (Lipinski definition) is 4. The molecule has 0 radical (unpaired) electrons. The molecule has 0 aliphatic carbocycles. The van der Waals surface area contributed by atoms with Crippen molar-refractivity contribution in [2.24, 2.45) is 0 Å². The number of ether oxygens (including phenoxy) is 1. The molecule has 1 aliphatic rings. The summed E-state index contributed by atoms with van der Waals surface area (Å²) in [5, 5.41) is 3.17. The Morgan fingerprint density at radius 1 is 1.56 bits per heavy atom. The molecule has 2 heterocycles. The summed E-state index contributed by atoms with van der Waals surface area (Å²) in [4.78, 5) is 19.2. The summed E-state index contributed by atoms with van der Waals surface area (Å²) in [6, 6.07) is 0. The number of rotatable bonds is 1.